The number of piperazine rings is 1. The Labute approximate surface area is 188 Å². The summed E-state index contributed by atoms with van der Waals surface area (Å²) >= 11 is 1.25. The van der Waals surface area contributed by atoms with Crippen molar-refractivity contribution in [1.82, 2.24) is 25.3 Å². The molecule has 1 saturated carbocycles. The molecule has 0 radical (unpaired) electrons. The Morgan fingerprint density at radius 1 is 1.28 bits per heavy atom. The fourth-order valence-corrected chi connectivity index (χ4v) is 4.27. The molecular weight excluding hydrogens is 426 g/mol. The first-order valence-electron chi connectivity index (χ1n) is 10.5. The van der Waals surface area contributed by atoms with Gasteiger partial charge >= 0.3 is 0 Å². The number of hydrogen-bond donors (Lipinski definition) is 2. The number of nitrogens with one attached hydrogen (secondary N) is 2. The Morgan fingerprint density at radius 2 is 2.12 bits per heavy atom. The number of carbonyl (C=O) groups is 2. The van der Waals surface area contributed by atoms with Crippen LogP contribution in [0, 0.1) is 24.7 Å². The molecule has 1 saturated heterocycles. The summed E-state index contributed by atoms with van der Waals surface area (Å²) in [6.45, 7) is 4.80. The SMILES string of the molecule is Cc1cc(N2CCNC(=O)C2C)c(C(=O)Nc2nc3ncc(C#CC4CC4)nc3s2)cn1. The lowest BCUT2D eigenvalue weighted by molar-refractivity contribution is -0.122. The van der Waals surface area contributed by atoms with Crippen LogP contribution in [-0.4, -0.2) is 50.9 Å². The lowest BCUT2D eigenvalue weighted by Crippen LogP contribution is -2.54. The Balaban J connectivity index is 1.41. The molecule has 5 rings (SSSR count). The summed E-state index contributed by atoms with van der Waals surface area (Å²) < 4.78 is 0. The fraction of sp³-hybridized carbons (Fsp3) is 0.364. The Bertz CT molecular complexity index is 1290. The highest BCUT2D eigenvalue weighted by Gasteiger charge is 2.29. The van der Waals surface area contributed by atoms with Crippen molar-refractivity contribution in [2.45, 2.75) is 32.7 Å². The molecule has 1 aliphatic heterocycles. The highest BCUT2D eigenvalue weighted by molar-refractivity contribution is 7.21. The van der Waals surface area contributed by atoms with E-state index in [1.165, 1.54) is 17.5 Å². The third-order valence-corrected chi connectivity index (χ3v) is 6.25. The van der Waals surface area contributed by atoms with Crippen LogP contribution in [0.2, 0.25) is 0 Å². The van der Waals surface area contributed by atoms with Crippen LogP contribution < -0.4 is 15.5 Å². The lowest BCUT2D eigenvalue weighted by atomic mass is 10.1. The summed E-state index contributed by atoms with van der Waals surface area (Å²) in [6.07, 6.45) is 5.44. The standard InChI is InChI=1S/C22H21N7O2S/c1-12-9-17(29-8-7-23-19(30)13(29)2)16(11-24-12)20(31)28-22-27-18-21(32-22)26-15(10-25-18)6-5-14-3-4-14/h9-11,13-14H,3-4,7-8H2,1-2H3,(H,23,30)(H,25,27,28,31). The summed E-state index contributed by atoms with van der Waals surface area (Å²) in [7, 11) is 0. The number of thiazole rings is 1. The van der Waals surface area contributed by atoms with Gasteiger partial charge in [0.1, 0.15) is 11.7 Å². The van der Waals surface area contributed by atoms with E-state index in [1.807, 2.05) is 24.8 Å². The largest absolute Gasteiger partial charge is 0.357 e. The van der Waals surface area contributed by atoms with Crippen LogP contribution in [0.25, 0.3) is 10.5 Å². The zero-order chi connectivity index (χ0) is 22.2. The molecule has 10 heteroatoms. The second kappa shape index (κ2) is 8.16. The number of aromatic nitrogens is 4. The van der Waals surface area contributed by atoms with E-state index in [0.717, 1.165) is 18.5 Å². The molecule has 0 aromatic carbocycles. The van der Waals surface area contributed by atoms with Gasteiger partial charge in [0.15, 0.2) is 15.6 Å². The molecular formula is C22H21N7O2S. The van der Waals surface area contributed by atoms with Crippen molar-refractivity contribution in [3.63, 3.8) is 0 Å². The van der Waals surface area contributed by atoms with Crippen LogP contribution in [-0.2, 0) is 4.79 Å². The summed E-state index contributed by atoms with van der Waals surface area (Å²) in [5.74, 6) is 6.29. The summed E-state index contributed by atoms with van der Waals surface area (Å²) in [4.78, 5) is 45.3. The average molecular weight is 448 g/mol. The number of nitrogens with zero attached hydrogens (tertiary/aromatic N) is 5. The molecule has 2 N–H and O–H groups in total. The van der Waals surface area contributed by atoms with E-state index in [-0.39, 0.29) is 17.9 Å². The van der Waals surface area contributed by atoms with Gasteiger partial charge in [0, 0.05) is 30.9 Å². The zero-order valence-electron chi connectivity index (χ0n) is 17.7. The predicted molar refractivity (Wildman–Crippen MR) is 122 cm³/mol. The van der Waals surface area contributed by atoms with Crippen molar-refractivity contribution in [3.05, 3.63) is 35.4 Å². The molecule has 2 amide bonds. The molecule has 162 valence electrons. The number of amides is 2. The molecule has 32 heavy (non-hydrogen) atoms. The van der Waals surface area contributed by atoms with E-state index in [0.29, 0.717) is 51.6 Å². The minimum atomic E-state index is -0.386. The van der Waals surface area contributed by atoms with Crippen molar-refractivity contribution < 1.29 is 9.59 Å². The van der Waals surface area contributed by atoms with Crippen LogP contribution in [0.4, 0.5) is 10.8 Å². The Morgan fingerprint density at radius 3 is 2.94 bits per heavy atom. The number of carbonyl (C=O) groups excluding carboxylic acids is 2. The molecule has 2 fully saturated rings. The molecule has 0 bridgehead atoms. The zero-order valence-corrected chi connectivity index (χ0v) is 18.5. The average Bonchev–Trinajstić information content (AvgIpc) is 3.52. The van der Waals surface area contributed by atoms with Gasteiger partial charge in [-0.3, -0.25) is 19.9 Å². The first-order chi connectivity index (χ1) is 15.5. The smallest absolute Gasteiger partial charge is 0.261 e. The maximum atomic E-state index is 13.1. The third-order valence-electron chi connectivity index (χ3n) is 5.40. The first-order valence-corrected chi connectivity index (χ1v) is 11.3. The number of anilines is 2. The van der Waals surface area contributed by atoms with E-state index in [4.69, 9.17) is 0 Å². The van der Waals surface area contributed by atoms with Crippen molar-refractivity contribution >= 4 is 44.4 Å². The highest BCUT2D eigenvalue weighted by Crippen LogP contribution is 2.29. The number of aryl methyl sites for hydroxylation is 1. The molecule has 1 atom stereocenters. The van der Waals surface area contributed by atoms with Crippen LogP contribution in [0.1, 0.15) is 41.5 Å². The predicted octanol–water partition coefficient (Wildman–Crippen LogP) is 2.13. The molecule has 2 aliphatic rings. The van der Waals surface area contributed by atoms with E-state index in [2.05, 4.69) is 42.4 Å². The highest BCUT2D eigenvalue weighted by atomic mass is 32.1. The second-order valence-corrected chi connectivity index (χ2v) is 8.88. The topological polar surface area (TPSA) is 113 Å². The summed E-state index contributed by atoms with van der Waals surface area (Å²) in [6, 6.07) is 1.44. The number of pyridine rings is 1. The van der Waals surface area contributed by atoms with Gasteiger partial charge in [-0.2, -0.15) is 4.98 Å². The van der Waals surface area contributed by atoms with Gasteiger partial charge in [-0.25, -0.2) is 9.97 Å². The van der Waals surface area contributed by atoms with Crippen molar-refractivity contribution in [1.29, 1.82) is 0 Å². The van der Waals surface area contributed by atoms with Gasteiger partial charge in [-0.1, -0.05) is 17.3 Å². The first kappa shape index (κ1) is 20.3. The molecule has 4 heterocycles. The normalized spacial score (nSPS) is 18.1. The molecule has 3 aromatic rings. The number of hydrogen-bond acceptors (Lipinski definition) is 8. The molecule has 1 unspecified atom stereocenters. The third kappa shape index (κ3) is 4.11. The monoisotopic (exact) mass is 447 g/mol. The van der Waals surface area contributed by atoms with Gasteiger partial charge in [0.2, 0.25) is 5.91 Å². The van der Waals surface area contributed by atoms with E-state index in [1.54, 1.807) is 6.20 Å². The molecule has 3 aromatic heterocycles. The van der Waals surface area contributed by atoms with Gasteiger partial charge < -0.3 is 10.2 Å². The minimum Gasteiger partial charge on any atom is -0.357 e. The summed E-state index contributed by atoms with van der Waals surface area (Å²) in [5, 5.41) is 6.08. The van der Waals surface area contributed by atoms with Crippen molar-refractivity contribution in [2.75, 3.05) is 23.3 Å². The Kier molecular flexibility index (Phi) is 5.19. The fourth-order valence-electron chi connectivity index (χ4n) is 3.47. The van der Waals surface area contributed by atoms with Crippen molar-refractivity contribution in [2.24, 2.45) is 5.92 Å². The Hall–Kier alpha value is -3.58. The van der Waals surface area contributed by atoms with Gasteiger partial charge in [0.25, 0.3) is 5.91 Å². The van der Waals surface area contributed by atoms with E-state index < -0.39 is 0 Å². The maximum Gasteiger partial charge on any atom is 0.261 e. The number of rotatable bonds is 3. The van der Waals surface area contributed by atoms with Crippen LogP contribution in [0.3, 0.4) is 0 Å². The van der Waals surface area contributed by atoms with Crippen molar-refractivity contribution in [3.8, 4) is 11.8 Å². The maximum absolute atomic E-state index is 13.1. The van der Waals surface area contributed by atoms with E-state index in [9.17, 15) is 9.59 Å². The van der Waals surface area contributed by atoms with Crippen LogP contribution >= 0.6 is 11.3 Å². The number of fused-ring (bicyclic) bond motifs is 1. The minimum absolute atomic E-state index is 0.0685. The van der Waals surface area contributed by atoms with Gasteiger partial charge in [-0.15, -0.1) is 0 Å². The van der Waals surface area contributed by atoms with E-state index >= 15 is 0 Å². The molecule has 1 aliphatic carbocycles. The molecule has 9 nitrogen and oxygen atoms in total. The lowest BCUT2D eigenvalue weighted by Gasteiger charge is -2.35. The van der Waals surface area contributed by atoms with Gasteiger partial charge in [0.05, 0.1) is 17.4 Å². The van der Waals surface area contributed by atoms with Crippen LogP contribution in [0.5, 0.6) is 0 Å². The second-order valence-electron chi connectivity index (χ2n) is 7.90. The summed E-state index contributed by atoms with van der Waals surface area (Å²) in [5.41, 5.74) is 2.89. The van der Waals surface area contributed by atoms with Gasteiger partial charge in [-0.05, 0) is 38.7 Å². The molecule has 0 spiro atoms. The van der Waals surface area contributed by atoms with Crippen LogP contribution in [0.15, 0.2) is 18.5 Å². The quantitative estimate of drug-likeness (QED) is 0.592.